The zero-order valence-electron chi connectivity index (χ0n) is 10.2. The highest BCUT2D eigenvalue weighted by Gasteiger charge is 2.02. The number of hydrogen-bond acceptors (Lipinski definition) is 2. The molecule has 1 rings (SSSR count). The van der Waals surface area contributed by atoms with Crippen LogP contribution in [0.25, 0.3) is 0 Å². The van der Waals surface area contributed by atoms with E-state index >= 15 is 0 Å². The lowest BCUT2D eigenvalue weighted by Crippen LogP contribution is -2.05. The summed E-state index contributed by atoms with van der Waals surface area (Å²) in [4.78, 5) is 11.1. The second-order valence-corrected chi connectivity index (χ2v) is 3.93. The van der Waals surface area contributed by atoms with Gasteiger partial charge in [0.25, 0.3) is 0 Å². The summed E-state index contributed by atoms with van der Waals surface area (Å²) in [6.45, 7) is 3.99. The molecule has 0 bridgehead atoms. The molecule has 0 aromatic heterocycles. The molecule has 2 nitrogen and oxygen atoms in total. The minimum Gasteiger partial charge on any atom is -0.427 e. The Kier molecular flexibility index (Phi) is 5.62. The van der Waals surface area contributed by atoms with Crippen LogP contribution in [0.4, 0.5) is 0 Å². The number of ether oxygens (including phenoxy) is 1. The van der Waals surface area contributed by atoms with E-state index in [4.69, 9.17) is 4.74 Å². The standard InChI is InChI=1S/C14H20O2/c1-3-5-6-8-12-9-7-10-13(11-12)16-14(15)4-2/h7,9-11H,3-6,8H2,1-2H3. The Balaban J connectivity index is 2.53. The highest BCUT2D eigenvalue weighted by atomic mass is 16.5. The zero-order valence-corrected chi connectivity index (χ0v) is 10.2. The van der Waals surface area contributed by atoms with E-state index in [1.807, 2.05) is 18.2 Å². The number of unbranched alkanes of at least 4 members (excludes halogenated alkanes) is 2. The van der Waals surface area contributed by atoms with Crippen molar-refractivity contribution in [2.75, 3.05) is 0 Å². The van der Waals surface area contributed by atoms with E-state index in [9.17, 15) is 4.79 Å². The van der Waals surface area contributed by atoms with E-state index in [1.165, 1.54) is 24.8 Å². The van der Waals surface area contributed by atoms with Crippen LogP contribution in [0.3, 0.4) is 0 Å². The van der Waals surface area contributed by atoms with Gasteiger partial charge in [0.1, 0.15) is 5.75 Å². The van der Waals surface area contributed by atoms with Crippen molar-refractivity contribution in [2.45, 2.75) is 46.0 Å². The molecule has 0 unspecified atom stereocenters. The normalized spacial score (nSPS) is 10.1. The predicted octanol–water partition coefficient (Wildman–Crippen LogP) is 3.73. The Morgan fingerprint density at radius 1 is 1.25 bits per heavy atom. The molecule has 0 N–H and O–H groups in total. The van der Waals surface area contributed by atoms with Crippen LogP contribution >= 0.6 is 0 Å². The Bertz CT molecular complexity index is 331. The number of esters is 1. The molecule has 0 aliphatic carbocycles. The second-order valence-electron chi connectivity index (χ2n) is 3.93. The third kappa shape index (κ3) is 4.47. The van der Waals surface area contributed by atoms with Gasteiger partial charge in [-0.05, 0) is 30.5 Å². The molecule has 0 aliphatic rings. The fraction of sp³-hybridized carbons (Fsp3) is 0.500. The van der Waals surface area contributed by atoms with Crippen molar-refractivity contribution in [3.63, 3.8) is 0 Å². The summed E-state index contributed by atoms with van der Waals surface area (Å²) in [6.07, 6.45) is 5.15. The fourth-order valence-corrected chi connectivity index (χ4v) is 1.55. The molecule has 0 aliphatic heterocycles. The lowest BCUT2D eigenvalue weighted by molar-refractivity contribution is -0.134. The van der Waals surface area contributed by atoms with Gasteiger partial charge >= 0.3 is 5.97 Å². The van der Waals surface area contributed by atoms with E-state index in [0.717, 1.165) is 6.42 Å². The number of carbonyl (C=O) groups is 1. The molecule has 0 radical (unpaired) electrons. The largest absolute Gasteiger partial charge is 0.427 e. The maximum absolute atomic E-state index is 11.1. The van der Waals surface area contributed by atoms with Crippen molar-refractivity contribution in [3.05, 3.63) is 29.8 Å². The lowest BCUT2D eigenvalue weighted by atomic mass is 10.1. The van der Waals surface area contributed by atoms with E-state index in [2.05, 4.69) is 13.0 Å². The molecule has 0 saturated heterocycles. The van der Waals surface area contributed by atoms with Crippen molar-refractivity contribution in [1.82, 2.24) is 0 Å². The summed E-state index contributed by atoms with van der Waals surface area (Å²) in [5.74, 6) is 0.492. The van der Waals surface area contributed by atoms with E-state index in [-0.39, 0.29) is 5.97 Å². The molecule has 0 heterocycles. The number of rotatable bonds is 6. The van der Waals surface area contributed by atoms with Crippen LogP contribution in [0.1, 0.15) is 45.1 Å². The highest BCUT2D eigenvalue weighted by molar-refractivity contribution is 5.71. The maximum atomic E-state index is 11.1. The summed E-state index contributed by atoms with van der Waals surface area (Å²) in [5, 5.41) is 0. The molecule has 1 aromatic carbocycles. The van der Waals surface area contributed by atoms with E-state index in [0.29, 0.717) is 12.2 Å². The van der Waals surface area contributed by atoms with Gasteiger partial charge in [-0.1, -0.05) is 38.8 Å². The van der Waals surface area contributed by atoms with Crippen LogP contribution in [0, 0.1) is 0 Å². The van der Waals surface area contributed by atoms with Gasteiger partial charge in [0.2, 0.25) is 0 Å². The second kappa shape index (κ2) is 7.04. The first kappa shape index (κ1) is 12.8. The van der Waals surface area contributed by atoms with Crippen LogP contribution < -0.4 is 4.74 Å². The van der Waals surface area contributed by atoms with Gasteiger partial charge in [-0.15, -0.1) is 0 Å². The lowest BCUT2D eigenvalue weighted by Gasteiger charge is -2.05. The van der Waals surface area contributed by atoms with Crippen molar-refractivity contribution < 1.29 is 9.53 Å². The quantitative estimate of drug-likeness (QED) is 0.415. The molecule has 16 heavy (non-hydrogen) atoms. The molecule has 0 amide bonds. The van der Waals surface area contributed by atoms with Gasteiger partial charge in [-0.3, -0.25) is 4.79 Å². The smallest absolute Gasteiger partial charge is 0.310 e. The minimum absolute atomic E-state index is 0.175. The zero-order chi connectivity index (χ0) is 11.8. The highest BCUT2D eigenvalue weighted by Crippen LogP contribution is 2.16. The van der Waals surface area contributed by atoms with Gasteiger partial charge in [0.05, 0.1) is 0 Å². The molecule has 1 aromatic rings. The third-order valence-corrected chi connectivity index (χ3v) is 2.49. The number of aryl methyl sites for hydroxylation is 1. The summed E-state index contributed by atoms with van der Waals surface area (Å²) in [6, 6.07) is 7.82. The van der Waals surface area contributed by atoms with Crippen molar-refractivity contribution in [2.24, 2.45) is 0 Å². The van der Waals surface area contributed by atoms with Gasteiger partial charge in [-0.25, -0.2) is 0 Å². The average Bonchev–Trinajstić information content (AvgIpc) is 2.30. The van der Waals surface area contributed by atoms with Crippen LogP contribution in [0.15, 0.2) is 24.3 Å². The van der Waals surface area contributed by atoms with Crippen LogP contribution in [-0.2, 0) is 11.2 Å². The molecule has 0 atom stereocenters. The maximum Gasteiger partial charge on any atom is 0.310 e. The Morgan fingerprint density at radius 2 is 2.06 bits per heavy atom. The molecule has 0 saturated carbocycles. The topological polar surface area (TPSA) is 26.3 Å². The third-order valence-electron chi connectivity index (χ3n) is 2.49. The summed E-state index contributed by atoms with van der Waals surface area (Å²) in [5.41, 5.74) is 1.25. The summed E-state index contributed by atoms with van der Waals surface area (Å²) in [7, 11) is 0. The average molecular weight is 220 g/mol. The van der Waals surface area contributed by atoms with Gasteiger partial charge < -0.3 is 4.74 Å². The minimum atomic E-state index is -0.175. The number of carbonyl (C=O) groups excluding carboxylic acids is 1. The van der Waals surface area contributed by atoms with Gasteiger partial charge in [0.15, 0.2) is 0 Å². The van der Waals surface area contributed by atoms with E-state index in [1.54, 1.807) is 6.92 Å². The molecule has 2 heteroatoms. The Labute approximate surface area is 97.6 Å². The Hall–Kier alpha value is -1.31. The van der Waals surface area contributed by atoms with Crippen molar-refractivity contribution in [3.8, 4) is 5.75 Å². The summed E-state index contributed by atoms with van der Waals surface area (Å²) >= 11 is 0. The molecular formula is C14H20O2. The van der Waals surface area contributed by atoms with Crippen molar-refractivity contribution in [1.29, 1.82) is 0 Å². The van der Waals surface area contributed by atoms with E-state index < -0.39 is 0 Å². The first-order chi connectivity index (χ1) is 7.76. The van der Waals surface area contributed by atoms with Crippen LogP contribution in [0.5, 0.6) is 5.75 Å². The molecule has 0 spiro atoms. The fourth-order valence-electron chi connectivity index (χ4n) is 1.55. The number of benzene rings is 1. The van der Waals surface area contributed by atoms with Crippen molar-refractivity contribution >= 4 is 5.97 Å². The van der Waals surface area contributed by atoms with Crippen LogP contribution in [0.2, 0.25) is 0 Å². The van der Waals surface area contributed by atoms with Gasteiger partial charge in [-0.2, -0.15) is 0 Å². The SMILES string of the molecule is CCCCCc1cccc(OC(=O)CC)c1. The van der Waals surface area contributed by atoms with Gasteiger partial charge in [0, 0.05) is 6.42 Å². The Morgan fingerprint density at radius 3 is 2.75 bits per heavy atom. The predicted molar refractivity (Wildman–Crippen MR) is 65.6 cm³/mol. The summed E-state index contributed by atoms with van der Waals surface area (Å²) < 4.78 is 5.17. The van der Waals surface area contributed by atoms with Crippen LogP contribution in [-0.4, -0.2) is 5.97 Å². The molecular weight excluding hydrogens is 200 g/mol. The molecule has 0 fully saturated rings. The monoisotopic (exact) mass is 220 g/mol. The number of hydrogen-bond donors (Lipinski definition) is 0. The first-order valence-electron chi connectivity index (χ1n) is 6.06. The first-order valence-corrected chi connectivity index (χ1v) is 6.06. The molecule has 88 valence electrons.